The van der Waals surface area contributed by atoms with Crippen LogP contribution in [0, 0.1) is 5.92 Å². The topological polar surface area (TPSA) is 41.1 Å². The molecule has 0 heterocycles. The van der Waals surface area contributed by atoms with Gasteiger partial charge in [0.15, 0.2) is 0 Å². The first-order valence-electron chi connectivity index (χ1n) is 7.29. The lowest BCUT2D eigenvalue weighted by molar-refractivity contribution is 0.0963. The molecule has 2 atom stereocenters. The molecule has 0 saturated heterocycles. The first kappa shape index (κ1) is 14.1. The van der Waals surface area contributed by atoms with Crippen LogP contribution in [0.25, 0.3) is 0 Å². The molecule has 19 heavy (non-hydrogen) atoms. The van der Waals surface area contributed by atoms with Crippen LogP contribution in [0.2, 0.25) is 0 Å². The van der Waals surface area contributed by atoms with Crippen LogP contribution in [0.4, 0.5) is 0 Å². The highest BCUT2D eigenvalue weighted by molar-refractivity contribution is 5.93. The van der Waals surface area contributed by atoms with Crippen molar-refractivity contribution in [1.82, 2.24) is 10.6 Å². The van der Waals surface area contributed by atoms with E-state index in [1.54, 1.807) is 7.05 Å². The van der Waals surface area contributed by atoms with Gasteiger partial charge in [0, 0.05) is 25.2 Å². The van der Waals surface area contributed by atoms with Gasteiger partial charge < -0.3 is 10.6 Å². The fourth-order valence-electron chi connectivity index (χ4n) is 2.96. The van der Waals surface area contributed by atoms with E-state index < -0.39 is 0 Å². The lowest BCUT2D eigenvalue weighted by Crippen LogP contribution is -2.31. The van der Waals surface area contributed by atoms with E-state index in [-0.39, 0.29) is 5.91 Å². The smallest absolute Gasteiger partial charge is 0.251 e. The van der Waals surface area contributed by atoms with Crippen LogP contribution in [-0.4, -0.2) is 19.0 Å². The van der Waals surface area contributed by atoms with E-state index in [9.17, 15) is 4.79 Å². The Labute approximate surface area is 115 Å². The Morgan fingerprint density at radius 1 is 1.26 bits per heavy atom. The van der Waals surface area contributed by atoms with Crippen molar-refractivity contribution in [3.05, 3.63) is 35.4 Å². The highest BCUT2D eigenvalue weighted by Gasteiger charge is 2.24. The minimum absolute atomic E-state index is 0.0265. The van der Waals surface area contributed by atoms with Gasteiger partial charge in [0.1, 0.15) is 0 Å². The second-order valence-electron chi connectivity index (χ2n) is 5.36. The number of nitrogens with one attached hydrogen (secondary N) is 2. The molecule has 2 rings (SSSR count). The van der Waals surface area contributed by atoms with Gasteiger partial charge in [-0.15, -0.1) is 0 Å². The maximum atomic E-state index is 11.4. The summed E-state index contributed by atoms with van der Waals surface area (Å²) >= 11 is 0. The first-order valence-corrected chi connectivity index (χ1v) is 7.29. The van der Waals surface area contributed by atoms with Crippen LogP contribution in [0.3, 0.4) is 0 Å². The Hall–Kier alpha value is -1.35. The number of benzene rings is 1. The molecule has 0 radical (unpaired) electrons. The van der Waals surface area contributed by atoms with Crippen molar-refractivity contribution in [2.24, 2.45) is 5.92 Å². The largest absolute Gasteiger partial charge is 0.355 e. The lowest BCUT2D eigenvalue weighted by atomic mass is 10.0. The minimum atomic E-state index is -0.0265. The Balaban J connectivity index is 1.88. The molecule has 3 nitrogen and oxygen atoms in total. The van der Waals surface area contributed by atoms with Crippen molar-refractivity contribution in [3.63, 3.8) is 0 Å². The van der Waals surface area contributed by atoms with Crippen LogP contribution in [0.15, 0.2) is 24.3 Å². The fourth-order valence-corrected chi connectivity index (χ4v) is 2.96. The Morgan fingerprint density at radius 2 is 2.00 bits per heavy atom. The number of hydrogen-bond acceptors (Lipinski definition) is 2. The summed E-state index contributed by atoms with van der Waals surface area (Å²) in [7, 11) is 1.66. The number of rotatable bonds is 5. The van der Waals surface area contributed by atoms with Crippen LogP contribution in [-0.2, 0) is 6.54 Å². The molecule has 1 aliphatic carbocycles. The van der Waals surface area contributed by atoms with Crippen LogP contribution in [0.1, 0.15) is 48.5 Å². The van der Waals surface area contributed by atoms with Crippen LogP contribution in [0.5, 0.6) is 0 Å². The molecule has 1 amide bonds. The summed E-state index contributed by atoms with van der Waals surface area (Å²) in [4.78, 5) is 11.4. The molecule has 0 aliphatic heterocycles. The molecular formula is C16H24N2O. The van der Waals surface area contributed by atoms with E-state index in [1.807, 2.05) is 24.3 Å². The van der Waals surface area contributed by atoms with Crippen LogP contribution < -0.4 is 10.6 Å². The second kappa shape index (κ2) is 6.71. The van der Waals surface area contributed by atoms with E-state index in [4.69, 9.17) is 0 Å². The molecule has 0 bridgehead atoms. The summed E-state index contributed by atoms with van der Waals surface area (Å²) in [6.07, 6.45) is 5.29. The summed E-state index contributed by atoms with van der Waals surface area (Å²) < 4.78 is 0. The van der Waals surface area contributed by atoms with Gasteiger partial charge in [-0.25, -0.2) is 0 Å². The second-order valence-corrected chi connectivity index (χ2v) is 5.36. The third-order valence-electron chi connectivity index (χ3n) is 4.20. The molecule has 2 unspecified atom stereocenters. The van der Waals surface area contributed by atoms with Gasteiger partial charge in [0.25, 0.3) is 5.91 Å². The molecule has 0 spiro atoms. The predicted molar refractivity (Wildman–Crippen MR) is 78.1 cm³/mol. The molecule has 1 fully saturated rings. The maximum Gasteiger partial charge on any atom is 0.251 e. The molecule has 3 heteroatoms. The van der Waals surface area contributed by atoms with Crippen molar-refractivity contribution < 1.29 is 4.79 Å². The van der Waals surface area contributed by atoms with E-state index in [0.717, 1.165) is 18.0 Å². The summed E-state index contributed by atoms with van der Waals surface area (Å²) in [5.41, 5.74) is 1.97. The highest BCUT2D eigenvalue weighted by atomic mass is 16.1. The zero-order chi connectivity index (χ0) is 13.7. The third kappa shape index (κ3) is 3.57. The number of carbonyl (C=O) groups excluding carboxylic acids is 1. The summed E-state index contributed by atoms with van der Waals surface area (Å²) in [5, 5.41) is 6.30. The summed E-state index contributed by atoms with van der Waals surface area (Å²) in [6.45, 7) is 3.18. The fraction of sp³-hybridized carbons (Fsp3) is 0.562. The van der Waals surface area contributed by atoms with Gasteiger partial charge in [0.05, 0.1) is 0 Å². The number of carbonyl (C=O) groups is 1. The van der Waals surface area contributed by atoms with Crippen molar-refractivity contribution in [2.75, 3.05) is 7.05 Å². The van der Waals surface area contributed by atoms with E-state index >= 15 is 0 Å². The van der Waals surface area contributed by atoms with Gasteiger partial charge in [-0.05, 0) is 36.5 Å². The molecule has 1 saturated carbocycles. The van der Waals surface area contributed by atoms with Gasteiger partial charge in [0.2, 0.25) is 0 Å². The van der Waals surface area contributed by atoms with Crippen molar-refractivity contribution in [2.45, 2.75) is 45.2 Å². The van der Waals surface area contributed by atoms with Gasteiger partial charge in [-0.1, -0.05) is 31.9 Å². The standard InChI is InChI=1S/C16H24N2O/c1-3-13-5-4-6-15(13)18-11-12-7-9-14(10-8-12)16(19)17-2/h7-10,13,15,18H,3-6,11H2,1-2H3,(H,17,19). The first-order chi connectivity index (χ1) is 9.24. The van der Waals surface area contributed by atoms with Gasteiger partial charge in [-0.3, -0.25) is 4.79 Å². The highest BCUT2D eigenvalue weighted by Crippen LogP contribution is 2.28. The lowest BCUT2D eigenvalue weighted by Gasteiger charge is -2.19. The maximum absolute atomic E-state index is 11.4. The SMILES string of the molecule is CCC1CCCC1NCc1ccc(C(=O)NC)cc1. The summed E-state index contributed by atoms with van der Waals surface area (Å²) in [6, 6.07) is 8.52. The zero-order valence-corrected chi connectivity index (χ0v) is 11.9. The number of amides is 1. The van der Waals surface area contributed by atoms with Crippen molar-refractivity contribution >= 4 is 5.91 Å². The average molecular weight is 260 g/mol. The molecular weight excluding hydrogens is 236 g/mol. The molecule has 2 N–H and O–H groups in total. The van der Waals surface area contributed by atoms with Crippen molar-refractivity contribution in [1.29, 1.82) is 0 Å². The van der Waals surface area contributed by atoms with Crippen LogP contribution >= 0.6 is 0 Å². The monoisotopic (exact) mass is 260 g/mol. The molecule has 0 aromatic heterocycles. The molecule has 1 aromatic carbocycles. The van der Waals surface area contributed by atoms with Crippen molar-refractivity contribution in [3.8, 4) is 0 Å². The summed E-state index contributed by atoms with van der Waals surface area (Å²) in [5.74, 6) is 0.812. The van der Waals surface area contributed by atoms with Gasteiger partial charge in [-0.2, -0.15) is 0 Å². The Kier molecular flexibility index (Phi) is 4.97. The molecule has 1 aromatic rings. The molecule has 104 valence electrons. The van der Waals surface area contributed by atoms with E-state index in [2.05, 4.69) is 17.6 Å². The zero-order valence-electron chi connectivity index (χ0n) is 11.9. The van der Waals surface area contributed by atoms with Gasteiger partial charge >= 0.3 is 0 Å². The number of hydrogen-bond donors (Lipinski definition) is 2. The molecule has 1 aliphatic rings. The average Bonchev–Trinajstić information content (AvgIpc) is 2.92. The normalized spacial score (nSPS) is 22.4. The quantitative estimate of drug-likeness (QED) is 0.854. The third-order valence-corrected chi connectivity index (χ3v) is 4.20. The Bertz CT molecular complexity index is 413. The van der Waals surface area contributed by atoms with E-state index in [0.29, 0.717) is 6.04 Å². The minimum Gasteiger partial charge on any atom is -0.355 e. The Morgan fingerprint density at radius 3 is 2.63 bits per heavy atom. The predicted octanol–water partition coefficient (Wildman–Crippen LogP) is 2.71. The van der Waals surface area contributed by atoms with E-state index in [1.165, 1.54) is 31.2 Å².